The van der Waals surface area contributed by atoms with Gasteiger partial charge in [0, 0.05) is 4.88 Å². The van der Waals surface area contributed by atoms with Crippen LogP contribution in [0.3, 0.4) is 0 Å². The van der Waals surface area contributed by atoms with Crippen LogP contribution in [0.5, 0.6) is 0 Å². The highest BCUT2D eigenvalue weighted by molar-refractivity contribution is 7.09. The normalized spacial score (nSPS) is 10.1. The molecule has 1 radical (unpaired) electrons. The lowest BCUT2D eigenvalue weighted by atomic mass is 10.2. The van der Waals surface area contributed by atoms with E-state index in [2.05, 4.69) is 19.1 Å². The molecule has 0 aliphatic heterocycles. The lowest BCUT2D eigenvalue weighted by Gasteiger charge is -1.93. The van der Waals surface area contributed by atoms with E-state index in [1.165, 1.54) is 30.6 Å². The highest BCUT2D eigenvalue weighted by Gasteiger charge is 1.91. The number of hydrogen-bond acceptors (Lipinski definition) is 1. The SMILES string of the molecule is CCCCCc1c[c]cs1. The lowest BCUT2D eigenvalue weighted by Crippen LogP contribution is -1.78. The van der Waals surface area contributed by atoms with Gasteiger partial charge in [0.25, 0.3) is 0 Å². The number of aryl methyl sites for hydroxylation is 1. The molecule has 0 nitrogen and oxygen atoms in total. The Balaban J connectivity index is 2.15. The van der Waals surface area contributed by atoms with E-state index in [1.807, 2.05) is 16.7 Å². The molecule has 10 heavy (non-hydrogen) atoms. The van der Waals surface area contributed by atoms with Crippen LogP contribution >= 0.6 is 11.3 Å². The minimum absolute atomic E-state index is 1.25. The van der Waals surface area contributed by atoms with Crippen molar-refractivity contribution in [3.63, 3.8) is 0 Å². The van der Waals surface area contributed by atoms with Crippen LogP contribution in [-0.4, -0.2) is 0 Å². The molecule has 0 atom stereocenters. The maximum atomic E-state index is 3.08. The third kappa shape index (κ3) is 2.53. The van der Waals surface area contributed by atoms with Gasteiger partial charge >= 0.3 is 0 Å². The van der Waals surface area contributed by atoms with Crippen molar-refractivity contribution in [1.82, 2.24) is 0 Å². The molecule has 0 aliphatic rings. The van der Waals surface area contributed by atoms with Gasteiger partial charge in [-0.1, -0.05) is 19.8 Å². The van der Waals surface area contributed by atoms with Crippen molar-refractivity contribution < 1.29 is 0 Å². The molecule has 1 aromatic rings. The van der Waals surface area contributed by atoms with Gasteiger partial charge in [0.05, 0.1) is 0 Å². The second kappa shape index (κ2) is 4.51. The Morgan fingerprint density at radius 1 is 1.50 bits per heavy atom. The van der Waals surface area contributed by atoms with Gasteiger partial charge in [-0.3, -0.25) is 0 Å². The quantitative estimate of drug-likeness (QED) is 0.582. The molecule has 0 aliphatic carbocycles. The van der Waals surface area contributed by atoms with E-state index in [4.69, 9.17) is 0 Å². The second-order valence-electron chi connectivity index (χ2n) is 2.47. The Labute approximate surface area is 66.9 Å². The smallest absolute Gasteiger partial charge is 0.00516 e. The molecule has 0 amide bonds. The fraction of sp³-hybridized carbons (Fsp3) is 0.556. The molecule has 0 bridgehead atoms. The molecule has 1 heteroatoms. The number of unbranched alkanes of at least 4 members (excludes halogenated alkanes) is 2. The average molecular weight is 153 g/mol. The molecule has 1 rings (SSSR count). The Morgan fingerprint density at radius 3 is 3.00 bits per heavy atom. The standard InChI is InChI=1S/C9H13S/c1-2-3-4-6-9-7-5-8-10-9/h7-8H,2-4,6H2,1H3. The summed E-state index contributed by atoms with van der Waals surface area (Å²) in [6.45, 7) is 2.24. The van der Waals surface area contributed by atoms with Crippen molar-refractivity contribution in [2.75, 3.05) is 0 Å². The summed E-state index contributed by atoms with van der Waals surface area (Å²) in [6.07, 6.45) is 5.26. The molecule has 0 spiro atoms. The predicted molar refractivity (Wildman–Crippen MR) is 46.4 cm³/mol. The molecular weight excluding hydrogens is 140 g/mol. The molecule has 55 valence electrons. The largest absolute Gasteiger partial charge is 0.148 e. The summed E-state index contributed by atoms with van der Waals surface area (Å²) in [7, 11) is 0. The summed E-state index contributed by atoms with van der Waals surface area (Å²) in [5.74, 6) is 0. The topological polar surface area (TPSA) is 0 Å². The zero-order valence-corrected chi connectivity index (χ0v) is 7.21. The van der Waals surface area contributed by atoms with Gasteiger partial charge in [0.15, 0.2) is 0 Å². The van der Waals surface area contributed by atoms with Gasteiger partial charge in [-0.2, -0.15) is 0 Å². The lowest BCUT2D eigenvalue weighted by molar-refractivity contribution is 0.722. The first-order valence-electron chi connectivity index (χ1n) is 3.87. The van der Waals surface area contributed by atoms with E-state index in [-0.39, 0.29) is 0 Å². The highest BCUT2D eigenvalue weighted by atomic mass is 32.1. The predicted octanol–water partition coefficient (Wildman–Crippen LogP) is 3.28. The van der Waals surface area contributed by atoms with Gasteiger partial charge in [-0.05, 0) is 30.4 Å². The Bertz CT molecular complexity index is 153. The van der Waals surface area contributed by atoms with Crippen molar-refractivity contribution in [2.24, 2.45) is 0 Å². The summed E-state index contributed by atoms with van der Waals surface area (Å²) in [6, 6.07) is 5.17. The summed E-state index contributed by atoms with van der Waals surface area (Å²) in [4.78, 5) is 1.48. The van der Waals surface area contributed by atoms with E-state index in [0.29, 0.717) is 0 Å². The molecular formula is C9H13S. The van der Waals surface area contributed by atoms with Crippen LogP contribution in [0.2, 0.25) is 0 Å². The number of hydrogen-bond donors (Lipinski definition) is 0. The first kappa shape index (κ1) is 7.80. The molecule has 0 fully saturated rings. The van der Waals surface area contributed by atoms with E-state index in [1.54, 1.807) is 0 Å². The van der Waals surface area contributed by atoms with Crippen molar-refractivity contribution in [1.29, 1.82) is 0 Å². The van der Waals surface area contributed by atoms with Crippen LogP contribution in [-0.2, 0) is 6.42 Å². The first-order valence-corrected chi connectivity index (χ1v) is 4.75. The molecule has 1 heterocycles. The summed E-state index contributed by atoms with van der Waals surface area (Å²) >= 11 is 1.82. The van der Waals surface area contributed by atoms with Crippen LogP contribution < -0.4 is 0 Å². The third-order valence-electron chi connectivity index (χ3n) is 1.55. The van der Waals surface area contributed by atoms with Crippen LogP contribution in [0, 0.1) is 6.07 Å². The van der Waals surface area contributed by atoms with E-state index in [9.17, 15) is 0 Å². The number of rotatable bonds is 4. The first-order chi connectivity index (χ1) is 4.93. The maximum absolute atomic E-state index is 3.08. The molecule has 0 aromatic carbocycles. The highest BCUT2D eigenvalue weighted by Crippen LogP contribution is 2.11. The second-order valence-corrected chi connectivity index (χ2v) is 3.47. The van der Waals surface area contributed by atoms with E-state index < -0.39 is 0 Å². The fourth-order valence-corrected chi connectivity index (χ4v) is 1.64. The average Bonchev–Trinajstić information content (AvgIpc) is 2.41. The molecule has 0 saturated carbocycles. The molecule has 1 aromatic heterocycles. The van der Waals surface area contributed by atoms with Crippen LogP contribution in [0.4, 0.5) is 0 Å². The van der Waals surface area contributed by atoms with E-state index >= 15 is 0 Å². The zero-order chi connectivity index (χ0) is 7.23. The summed E-state index contributed by atoms with van der Waals surface area (Å²) in [5, 5.41) is 2.03. The van der Waals surface area contributed by atoms with Crippen LogP contribution in [0.1, 0.15) is 31.1 Å². The van der Waals surface area contributed by atoms with Crippen molar-refractivity contribution in [3.05, 3.63) is 22.4 Å². The molecule has 0 N–H and O–H groups in total. The maximum Gasteiger partial charge on any atom is 0.00516 e. The molecule has 0 unspecified atom stereocenters. The summed E-state index contributed by atoms with van der Waals surface area (Å²) in [5.41, 5.74) is 0. The number of thiophene rings is 1. The van der Waals surface area contributed by atoms with Gasteiger partial charge in [-0.15, -0.1) is 11.3 Å². The van der Waals surface area contributed by atoms with Crippen LogP contribution in [0.15, 0.2) is 11.4 Å². The third-order valence-corrected chi connectivity index (χ3v) is 2.43. The van der Waals surface area contributed by atoms with Crippen molar-refractivity contribution >= 4 is 11.3 Å². The fourth-order valence-electron chi connectivity index (χ4n) is 0.951. The van der Waals surface area contributed by atoms with Crippen molar-refractivity contribution in [2.45, 2.75) is 32.6 Å². The molecule has 0 saturated heterocycles. The van der Waals surface area contributed by atoms with Crippen molar-refractivity contribution in [3.8, 4) is 0 Å². The minimum atomic E-state index is 1.25. The van der Waals surface area contributed by atoms with Gasteiger partial charge in [0.2, 0.25) is 0 Å². The van der Waals surface area contributed by atoms with Gasteiger partial charge in [0.1, 0.15) is 0 Å². The zero-order valence-electron chi connectivity index (χ0n) is 6.39. The van der Waals surface area contributed by atoms with Gasteiger partial charge < -0.3 is 0 Å². The van der Waals surface area contributed by atoms with Gasteiger partial charge in [-0.25, -0.2) is 0 Å². The van der Waals surface area contributed by atoms with E-state index in [0.717, 1.165) is 0 Å². The minimum Gasteiger partial charge on any atom is -0.148 e. The Hall–Kier alpha value is -0.300. The van der Waals surface area contributed by atoms with Crippen LogP contribution in [0.25, 0.3) is 0 Å². The monoisotopic (exact) mass is 153 g/mol. The Morgan fingerprint density at radius 2 is 2.40 bits per heavy atom. The summed E-state index contributed by atoms with van der Waals surface area (Å²) < 4.78 is 0. The Kier molecular flexibility index (Phi) is 3.52.